The number of carbonyl (C=O) groups excluding carboxylic acids is 2. The van der Waals surface area contributed by atoms with Crippen molar-refractivity contribution in [2.45, 2.75) is 6.92 Å². The lowest BCUT2D eigenvalue weighted by atomic mass is 10.1. The first-order valence-corrected chi connectivity index (χ1v) is 7.20. The summed E-state index contributed by atoms with van der Waals surface area (Å²) in [5.74, 6) is -0.693. The van der Waals surface area contributed by atoms with Crippen molar-refractivity contribution < 1.29 is 18.7 Å². The molecule has 6 nitrogen and oxygen atoms in total. The average molecular weight is 327 g/mol. The van der Waals surface area contributed by atoms with Crippen molar-refractivity contribution >= 4 is 23.4 Å². The molecule has 2 aromatic carbocycles. The van der Waals surface area contributed by atoms with Crippen molar-refractivity contribution in [2.24, 2.45) is 5.10 Å². The number of ether oxygens (including phenoxy) is 1. The summed E-state index contributed by atoms with van der Waals surface area (Å²) < 4.78 is 17.9. The molecule has 2 aromatic rings. The molecule has 0 atom stereocenters. The molecular formula is C17H14FN3O3. The predicted octanol–water partition coefficient (Wildman–Crippen LogP) is 2.83. The molecule has 0 radical (unpaired) electrons. The highest BCUT2D eigenvalue weighted by atomic mass is 19.1. The van der Waals surface area contributed by atoms with Gasteiger partial charge in [0.05, 0.1) is 0 Å². The Morgan fingerprint density at radius 2 is 2.00 bits per heavy atom. The highest BCUT2D eigenvalue weighted by Gasteiger charge is 2.14. The predicted molar refractivity (Wildman–Crippen MR) is 86.6 cm³/mol. The monoisotopic (exact) mass is 327 g/mol. The molecule has 0 aliphatic carbocycles. The number of nitrogens with one attached hydrogen (secondary N) is 2. The summed E-state index contributed by atoms with van der Waals surface area (Å²) in [6, 6.07) is 11.0. The summed E-state index contributed by atoms with van der Waals surface area (Å²) in [6.45, 7) is 1.77. The SMILES string of the molecule is Cc1cc(F)ccc1C(=O)Nc1ccc(C2=NNC(=O)OC2)cc1. The first-order valence-electron chi connectivity index (χ1n) is 7.20. The summed E-state index contributed by atoms with van der Waals surface area (Å²) >= 11 is 0. The average Bonchev–Trinajstić information content (AvgIpc) is 2.56. The molecule has 0 fully saturated rings. The van der Waals surface area contributed by atoms with Crippen molar-refractivity contribution in [2.75, 3.05) is 11.9 Å². The minimum absolute atomic E-state index is 0.0896. The molecule has 1 aliphatic rings. The second-order valence-electron chi connectivity index (χ2n) is 5.24. The number of amides is 2. The minimum atomic E-state index is -0.586. The lowest BCUT2D eigenvalue weighted by molar-refractivity contribution is 0.102. The topological polar surface area (TPSA) is 79.8 Å². The Hall–Kier alpha value is -3.22. The Balaban J connectivity index is 1.72. The number of hydrogen-bond donors (Lipinski definition) is 2. The van der Waals surface area contributed by atoms with Gasteiger partial charge in [0, 0.05) is 16.8 Å². The summed E-state index contributed by atoms with van der Waals surface area (Å²) in [6.07, 6.45) is -0.586. The number of anilines is 1. The number of carbonyl (C=O) groups is 2. The third-order valence-corrected chi connectivity index (χ3v) is 3.53. The molecule has 122 valence electrons. The second kappa shape index (κ2) is 6.49. The van der Waals surface area contributed by atoms with Gasteiger partial charge in [-0.15, -0.1) is 0 Å². The van der Waals surface area contributed by atoms with Gasteiger partial charge < -0.3 is 10.1 Å². The third-order valence-electron chi connectivity index (χ3n) is 3.53. The fourth-order valence-corrected chi connectivity index (χ4v) is 2.29. The van der Waals surface area contributed by atoms with Gasteiger partial charge in [-0.2, -0.15) is 5.10 Å². The van der Waals surface area contributed by atoms with Gasteiger partial charge in [-0.25, -0.2) is 14.6 Å². The maximum atomic E-state index is 13.1. The van der Waals surface area contributed by atoms with E-state index in [1.165, 1.54) is 18.2 Å². The van der Waals surface area contributed by atoms with Crippen molar-refractivity contribution in [1.29, 1.82) is 0 Å². The van der Waals surface area contributed by atoms with E-state index >= 15 is 0 Å². The van der Waals surface area contributed by atoms with Crippen LogP contribution in [0.1, 0.15) is 21.5 Å². The summed E-state index contributed by atoms with van der Waals surface area (Å²) in [5, 5.41) is 6.66. The number of halogens is 1. The van der Waals surface area contributed by atoms with Crippen LogP contribution >= 0.6 is 0 Å². The van der Waals surface area contributed by atoms with Gasteiger partial charge in [-0.3, -0.25) is 4.79 Å². The van der Waals surface area contributed by atoms with Crippen LogP contribution in [-0.2, 0) is 4.74 Å². The number of cyclic esters (lactones) is 1. The molecule has 7 heteroatoms. The zero-order chi connectivity index (χ0) is 17.1. The van der Waals surface area contributed by atoms with E-state index in [-0.39, 0.29) is 18.3 Å². The van der Waals surface area contributed by atoms with Crippen molar-refractivity contribution in [3.8, 4) is 0 Å². The van der Waals surface area contributed by atoms with Crippen LogP contribution in [-0.4, -0.2) is 24.3 Å². The molecular weight excluding hydrogens is 313 g/mol. The van der Waals surface area contributed by atoms with Crippen LogP contribution in [0.5, 0.6) is 0 Å². The van der Waals surface area contributed by atoms with E-state index in [1.54, 1.807) is 31.2 Å². The number of nitrogens with zero attached hydrogens (tertiary/aromatic N) is 1. The van der Waals surface area contributed by atoms with Gasteiger partial charge in [0.15, 0.2) is 0 Å². The lowest BCUT2D eigenvalue weighted by Crippen LogP contribution is -2.30. The fraction of sp³-hybridized carbons (Fsp3) is 0.118. The van der Waals surface area contributed by atoms with Gasteiger partial charge in [0.2, 0.25) is 0 Å². The van der Waals surface area contributed by atoms with Crippen molar-refractivity contribution in [3.63, 3.8) is 0 Å². The van der Waals surface area contributed by atoms with Gasteiger partial charge in [-0.1, -0.05) is 12.1 Å². The first-order chi connectivity index (χ1) is 11.5. The Morgan fingerprint density at radius 1 is 1.25 bits per heavy atom. The molecule has 1 aliphatic heterocycles. The van der Waals surface area contributed by atoms with Crippen LogP contribution in [0.3, 0.4) is 0 Å². The van der Waals surface area contributed by atoms with E-state index in [2.05, 4.69) is 15.8 Å². The Bertz CT molecular complexity index is 831. The van der Waals surface area contributed by atoms with Crippen molar-refractivity contribution in [3.05, 3.63) is 65.0 Å². The van der Waals surface area contributed by atoms with Crippen molar-refractivity contribution in [1.82, 2.24) is 5.43 Å². The highest BCUT2D eigenvalue weighted by molar-refractivity contribution is 6.06. The van der Waals surface area contributed by atoms with Crippen LogP contribution in [0.15, 0.2) is 47.6 Å². The zero-order valence-corrected chi connectivity index (χ0v) is 12.8. The Kier molecular flexibility index (Phi) is 4.24. The van der Waals surface area contributed by atoms with Crippen LogP contribution < -0.4 is 10.7 Å². The Labute approximate surface area is 137 Å². The van der Waals surface area contributed by atoms with Gasteiger partial charge >= 0.3 is 6.09 Å². The lowest BCUT2D eigenvalue weighted by Gasteiger charge is -2.13. The third kappa shape index (κ3) is 3.40. The van der Waals surface area contributed by atoms with E-state index in [9.17, 15) is 14.0 Å². The van der Waals surface area contributed by atoms with E-state index in [0.29, 0.717) is 22.5 Å². The fourth-order valence-electron chi connectivity index (χ4n) is 2.29. The van der Waals surface area contributed by atoms with Gasteiger partial charge in [-0.05, 0) is 42.8 Å². The molecule has 0 spiro atoms. The molecule has 2 N–H and O–H groups in total. The van der Waals surface area contributed by atoms with Gasteiger partial charge in [0.1, 0.15) is 18.1 Å². The van der Waals surface area contributed by atoms with Crippen LogP contribution in [0, 0.1) is 12.7 Å². The number of benzene rings is 2. The molecule has 3 rings (SSSR count). The van der Waals surface area contributed by atoms with E-state index < -0.39 is 6.09 Å². The molecule has 1 heterocycles. The summed E-state index contributed by atoms with van der Waals surface area (Å²) in [7, 11) is 0. The van der Waals surface area contributed by atoms with Crippen LogP contribution in [0.25, 0.3) is 0 Å². The second-order valence-corrected chi connectivity index (χ2v) is 5.24. The van der Waals surface area contributed by atoms with E-state index in [0.717, 1.165) is 5.56 Å². The summed E-state index contributed by atoms with van der Waals surface area (Å²) in [5.41, 5.74) is 5.16. The summed E-state index contributed by atoms with van der Waals surface area (Å²) in [4.78, 5) is 23.1. The number of hydrogen-bond acceptors (Lipinski definition) is 4. The molecule has 0 unspecified atom stereocenters. The molecule has 0 saturated carbocycles. The number of aryl methyl sites for hydroxylation is 1. The minimum Gasteiger partial charge on any atom is -0.442 e. The molecule has 24 heavy (non-hydrogen) atoms. The number of rotatable bonds is 3. The largest absolute Gasteiger partial charge is 0.442 e. The standard InChI is InChI=1S/C17H14FN3O3/c1-10-8-12(18)4-7-14(10)16(22)19-13-5-2-11(3-6-13)15-9-24-17(23)21-20-15/h2-8H,9H2,1H3,(H,19,22)(H,21,23). The normalized spacial score (nSPS) is 13.6. The molecule has 0 aromatic heterocycles. The maximum absolute atomic E-state index is 13.1. The highest BCUT2D eigenvalue weighted by Crippen LogP contribution is 2.15. The zero-order valence-electron chi connectivity index (χ0n) is 12.8. The van der Waals surface area contributed by atoms with Crippen LogP contribution in [0.4, 0.5) is 14.9 Å². The smallest absolute Gasteiger partial charge is 0.428 e. The Morgan fingerprint density at radius 3 is 2.62 bits per heavy atom. The molecule has 0 bridgehead atoms. The van der Waals surface area contributed by atoms with Gasteiger partial charge in [0.25, 0.3) is 5.91 Å². The van der Waals surface area contributed by atoms with E-state index in [1.807, 2.05) is 0 Å². The first kappa shape index (κ1) is 15.7. The molecule has 2 amide bonds. The maximum Gasteiger partial charge on any atom is 0.428 e. The quantitative estimate of drug-likeness (QED) is 0.910. The van der Waals surface area contributed by atoms with E-state index in [4.69, 9.17) is 4.74 Å². The number of hydrazone groups is 1. The molecule has 0 saturated heterocycles. The van der Waals surface area contributed by atoms with Crippen LogP contribution in [0.2, 0.25) is 0 Å².